The molecule has 1 fully saturated rings. The molecule has 1 atom stereocenters. The van der Waals surface area contributed by atoms with Gasteiger partial charge in [-0.05, 0) is 24.5 Å². The molecule has 1 aliphatic heterocycles. The number of rotatable bonds is 5. The Kier molecular flexibility index (Phi) is 4.99. The molecule has 9 nitrogen and oxygen atoms in total. The van der Waals surface area contributed by atoms with Crippen LogP contribution in [0.3, 0.4) is 0 Å². The summed E-state index contributed by atoms with van der Waals surface area (Å²) in [6, 6.07) is 5.68. The van der Waals surface area contributed by atoms with Crippen LogP contribution < -0.4 is 10.2 Å². The Morgan fingerprint density at radius 1 is 1.22 bits per heavy atom. The third kappa shape index (κ3) is 4.08. The number of amides is 1. The number of hydrogen-bond acceptors (Lipinski definition) is 7. The first-order chi connectivity index (χ1) is 13.3. The van der Waals surface area contributed by atoms with Gasteiger partial charge in [-0.1, -0.05) is 6.07 Å². The number of nitrogens with zero attached hydrogens (tertiary/aromatic N) is 7. The summed E-state index contributed by atoms with van der Waals surface area (Å²) < 4.78 is 1.59. The zero-order valence-electron chi connectivity index (χ0n) is 14.8. The predicted octanol–water partition coefficient (Wildman–Crippen LogP) is 0.985. The van der Waals surface area contributed by atoms with Crippen LogP contribution in [0.1, 0.15) is 18.4 Å². The molecule has 4 rings (SSSR count). The summed E-state index contributed by atoms with van der Waals surface area (Å²) in [6.45, 7) is 1.99. The summed E-state index contributed by atoms with van der Waals surface area (Å²) in [5.74, 6) is 1.44. The highest BCUT2D eigenvalue weighted by molar-refractivity contribution is 5.79. The molecule has 0 aromatic carbocycles. The molecule has 1 unspecified atom stereocenters. The molecule has 1 saturated heterocycles. The summed E-state index contributed by atoms with van der Waals surface area (Å²) in [5.41, 5.74) is 0.992. The molecule has 1 amide bonds. The van der Waals surface area contributed by atoms with Gasteiger partial charge in [0.2, 0.25) is 5.91 Å². The smallest absolute Gasteiger partial charge is 0.225 e. The third-order valence-electron chi connectivity index (χ3n) is 4.60. The Hall–Kier alpha value is -3.36. The molecule has 3 aromatic heterocycles. The number of nitrogens with one attached hydrogen (secondary N) is 1. The molecule has 1 aliphatic rings. The maximum Gasteiger partial charge on any atom is 0.225 e. The zero-order valence-corrected chi connectivity index (χ0v) is 14.8. The van der Waals surface area contributed by atoms with Gasteiger partial charge in [0, 0.05) is 38.1 Å². The number of carbonyl (C=O) groups excluding carboxylic acids is 1. The summed E-state index contributed by atoms with van der Waals surface area (Å²) >= 11 is 0. The van der Waals surface area contributed by atoms with Crippen molar-refractivity contribution < 1.29 is 4.79 Å². The molecular weight excluding hydrogens is 344 g/mol. The SMILES string of the molecule is O=C(NCc1cccnc1)C1CCCN(c2cc(-n3cncn3)ncn2)C1. The largest absolute Gasteiger partial charge is 0.356 e. The minimum atomic E-state index is -0.0693. The van der Waals surface area contributed by atoms with E-state index in [2.05, 4.69) is 35.3 Å². The van der Waals surface area contributed by atoms with Crippen molar-refractivity contribution in [3.05, 3.63) is 55.1 Å². The van der Waals surface area contributed by atoms with Gasteiger partial charge in [0.15, 0.2) is 5.82 Å². The highest BCUT2D eigenvalue weighted by Gasteiger charge is 2.26. The fraction of sp³-hybridized carbons (Fsp3) is 0.333. The number of pyridine rings is 1. The van der Waals surface area contributed by atoms with Crippen LogP contribution in [0.15, 0.2) is 49.6 Å². The lowest BCUT2D eigenvalue weighted by Gasteiger charge is -2.32. The molecule has 3 aromatic rings. The van der Waals surface area contributed by atoms with E-state index in [0.717, 1.165) is 30.8 Å². The van der Waals surface area contributed by atoms with E-state index in [-0.39, 0.29) is 11.8 Å². The lowest BCUT2D eigenvalue weighted by atomic mass is 9.97. The lowest BCUT2D eigenvalue weighted by Crippen LogP contribution is -2.43. The van der Waals surface area contributed by atoms with Gasteiger partial charge in [-0.2, -0.15) is 5.10 Å². The minimum Gasteiger partial charge on any atom is -0.356 e. The first-order valence-corrected chi connectivity index (χ1v) is 8.88. The molecule has 0 saturated carbocycles. The molecule has 4 heterocycles. The fourth-order valence-corrected chi connectivity index (χ4v) is 3.20. The molecular formula is C18H20N8O. The van der Waals surface area contributed by atoms with E-state index in [1.54, 1.807) is 23.4 Å². The second-order valence-electron chi connectivity index (χ2n) is 6.44. The van der Waals surface area contributed by atoms with Crippen molar-refractivity contribution in [3.63, 3.8) is 0 Å². The zero-order chi connectivity index (χ0) is 18.5. The second-order valence-corrected chi connectivity index (χ2v) is 6.44. The van der Waals surface area contributed by atoms with Crippen LogP contribution in [-0.2, 0) is 11.3 Å². The highest BCUT2D eigenvalue weighted by Crippen LogP contribution is 2.22. The Labute approximate surface area is 156 Å². The van der Waals surface area contributed by atoms with Crippen molar-refractivity contribution in [1.29, 1.82) is 0 Å². The number of hydrogen-bond donors (Lipinski definition) is 1. The van der Waals surface area contributed by atoms with E-state index >= 15 is 0 Å². The fourth-order valence-electron chi connectivity index (χ4n) is 3.20. The van der Waals surface area contributed by atoms with Crippen LogP contribution in [0, 0.1) is 5.92 Å². The Morgan fingerprint density at radius 2 is 2.15 bits per heavy atom. The molecule has 9 heteroatoms. The lowest BCUT2D eigenvalue weighted by molar-refractivity contribution is -0.125. The summed E-state index contributed by atoms with van der Waals surface area (Å²) in [5, 5.41) is 7.11. The van der Waals surface area contributed by atoms with E-state index in [1.165, 1.54) is 12.7 Å². The van der Waals surface area contributed by atoms with E-state index in [4.69, 9.17) is 0 Å². The molecule has 0 radical (unpaired) electrons. The van der Waals surface area contributed by atoms with Gasteiger partial charge in [-0.15, -0.1) is 0 Å². The minimum absolute atomic E-state index is 0.0640. The average Bonchev–Trinajstić information content (AvgIpc) is 3.28. The monoisotopic (exact) mass is 364 g/mol. The van der Waals surface area contributed by atoms with Gasteiger partial charge in [0.25, 0.3) is 0 Å². The number of aromatic nitrogens is 6. The van der Waals surface area contributed by atoms with Crippen LogP contribution in [0.4, 0.5) is 5.82 Å². The van der Waals surface area contributed by atoms with E-state index < -0.39 is 0 Å². The molecule has 1 N–H and O–H groups in total. The number of piperidine rings is 1. The third-order valence-corrected chi connectivity index (χ3v) is 4.60. The first-order valence-electron chi connectivity index (χ1n) is 8.88. The van der Waals surface area contributed by atoms with Gasteiger partial charge in [-0.3, -0.25) is 9.78 Å². The standard InChI is InChI=1S/C18H20N8O/c27-18(21-9-14-3-1-5-19-8-14)15-4-2-6-25(10-15)16-7-17(23-12-22-16)26-13-20-11-24-26/h1,3,5,7-8,11-13,15H,2,4,6,9-10H2,(H,21,27). The molecule has 27 heavy (non-hydrogen) atoms. The van der Waals surface area contributed by atoms with Crippen LogP contribution in [-0.4, -0.2) is 48.7 Å². The van der Waals surface area contributed by atoms with E-state index in [1.807, 2.05) is 18.2 Å². The van der Waals surface area contributed by atoms with E-state index in [9.17, 15) is 4.79 Å². The van der Waals surface area contributed by atoms with Crippen LogP contribution in [0.2, 0.25) is 0 Å². The van der Waals surface area contributed by atoms with Gasteiger partial charge >= 0.3 is 0 Å². The predicted molar refractivity (Wildman–Crippen MR) is 98.0 cm³/mol. The number of carbonyl (C=O) groups is 1. The molecule has 0 bridgehead atoms. The van der Waals surface area contributed by atoms with Crippen LogP contribution in [0.25, 0.3) is 5.82 Å². The highest BCUT2D eigenvalue weighted by atomic mass is 16.1. The van der Waals surface area contributed by atoms with E-state index in [0.29, 0.717) is 18.9 Å². The van der Waals surface area contributed by atoms with Crippen molar-refractivity contribution in [1.82, 2.24) is 35.0 Å². The average molecular weight is 364 g/mol. The quantitative estimate of drug-likeness (QED) is 0.720. The Morgan fingerprint density at radius 3 is 2.96 bits per heavy atom. The summed E-state index contributed by atoms with van der Waals surface area (Å²) in [4.78, 5) is 31.3. The van der Waals surface area contributed by atoms with Crippen LogP contribution in [0.5, 0.6) is 0 Å². The Balaban J connectivity index is 1.40. The van der Waals surface area contributed by atoms with Crippen molar-refractivity contribution in [2.75, 3.05) is 18.0 Å². The van der Waals surface area contributed by atoms with Gasteiger partial charge < -0.3 is 10.2 Å². The summed E-state index contributed by atoms with van der Waals surface area (Å²) in [6.07, 6.45) is 9.87. The van der Waals surface area contributed by atoms with Gasteiger partial charge in [0.05, 0.1) is 5.92 Å². The summed E-state index contributed by atoms with van der Waals surface area (Å²) in [7, 11) is 0. The van der Waals surface area contributed by atoms with Crippen molar-refractivity contribution in [2.45, 2.75) is 19.4 Å². The molecule has 138 valence electrons. The Bertz CT molecular complexity index is 883. The van der Waals surface area contributed by atoms with Crippen molar-refractivity contribution in [3.8, 4) is 5.82 Å². The number of anilines is 1. The first kappa shape index (κ1) is 17.1. The normalized spacial score (nSPS) is 16.9. The maximum atomic E-state index is 12.6. The van der Waals surface area contributed by atoms with Crippen molar-refractivity contribution in [2.24, 2.45) is 5.92 Å². The van der Waals surface area contributed by atoms with Crippen LogP contribution >= 0.6 is 0 Å². The molecule has 0 spiro atoms. The van der Waals surface area contributed by atoms with Gasteiger partial charge in [-0.25, -0.2) is 19.6 Å². The topological polar surface area (TPSA) is 102 Å². The van der Waals surface area contributed by atoms with Gasteiger partial charge in [0.1, 0.15) is 24.8 Å². The second kappa shape index (κ2) is 7.90. The van der Waals surface area contributed by atoms with Crippen molar-refractivity contribution >= 4 is 11.7 Å². The maximum absolute atomic E-state index is 12.6. The molecule has 0 aliphatic carbocycles.